The lowest BCUT2D eigenvalue weighted by atomic mass is 9.92. The van der Waals surface area contributed by atoms with E-state index in [1.54, 1.807) is 11.8 Å². The molecule has 23 heavy (non-hydrogen) atoms. The maximum Gasteiger partial charge on any atom is 0.329 e. The van der Waals surface area contributed by atoms with E-state index in [9.17, 15) is 14.7 Å². The fourth-order valence-electron chi connectivity index (χ4n) is 2.81. The summed E-state index contributed by atoms with van der Waals surface area (Å²) in [7, 11) is 0. The minimum atomic E-state index is -1.08. The van der Waals surface area contributed by atoms with E-state index in [-0.39, 0.29) is 12.3 Å². The molecule has 1 aromatic carbocycles. The largest absolute Gasteiger partial charge is 0.480 e. The van der Waals surface area contributed by atoms with Gasteiger partial charge in [0.2, 0.25) is 5.91 Å². The van der Waals surface area contributed by atoms with Crippen LogP contribution in [0.4, 0.5) is 0 Å². The second-order valence-electron chi connectivity index (χ2n) is 6.14. The van der Waals surface area contributed by atoms with Crippen molar-refractivity contribution in [2.45, 2.75) is 51.0 Å². The van der Waals surface area contributed by atoms with Gasteiger partial charge in [0.05, 0.1) is 6.42 Å². The van der Waals surface area contributed by atoms with E-state index in [4.69, 9.17) is 0 Å². The summed E-state index contributed by atoms with van der Waals surface area (Å²) in [6.45, 7) is 2.17. The van der Waals surface area contributed by atoms with E-state index in [2.05, 4.69) is 24.4 Å². The molecule has 1 aliphatic heterocycles. The summed E-state index contributed by atoms with van der Waals surface area (Å²) in [6, 6.07) is 8.05. The van der Waals surface area contributed by atoms with E-state index >= 15 is 0 Å². The third kappa shape index (κ3) is 4.99. The molecule has 1 saturated heterocycles. The molecule has 1 heterocycles. The van der Waals surface area contributed by atoms with Gasteiger partial charge in [-0.2, -0.15) is 11.8 Å². The Kier molecular flexibility index (Phi) is 6.51. The number of unbranched alkanes of at least 4 members (excludes halogenated alkanes) is 1. The summed E-state index contributed by atoms with van der Waals surface area (Å²) in [6.07, 6.45) is 4.61. The van der Waals surface area contributed by atoms with Crippen molar-refractivity contribution >= 4 is 23.6 Å². The summed E-state index contributed by atoms with van der Waals surface area (Å²) >= 11 is 1.74. The van der Waals surface area contributed by atoms with Gasteiger partial charge in [-0.1, -0.05) is 37.6 Å². The van der Waals surface area contributed by atoms with Crippen LogP contribution < -0.4 is 5.32 Å². The van der Waals surface area contributed by atoms with Gasteiger partial charge in [0, 0.05) is 0 Å². The highest BCUT2D eigenvalue weighted by Crippen LogP contribution is 2.27. The molecule has 4 nitrogen and oxygen atoms in total. The Morgan fingerprint density at radius 1 is 1.17 bits per heavy atom. The molecule has 1 aromatic rings. The lowest BCUT2D eigenvalue weighted by molar-refractivity contribution is -0.148. The fraction of sp³-hybridized carbons (Fsp3) is 0.556. The van der Waals surface area contributed by atoms with Gasteiger partial charge in [-0.25, -0.2) is 4.79 Å². The predicted molar refractivity (Wildman–Crippen MR) is 93.8 cm³/mol. The number of rotatable bonds is 7. The van der Waals surface area contributed by atoms with Crippen molar-refractivity contribution < 1.29 is 14.7 Å². The number of benzene rings is 1. The van der Waals surface area contributed by atoms with Crippen LogP contribution in [0.25, 0.3) is 0 Å². The second kappa shape index (κ2) is 8.39. The Morgan fingerprint density at radius 2 is 1.78 bits per heavy atom. The summed E-state index contributed by atoms with van der Waals surface area (Å²) < 4.78 is 0. The van der Waals surface area contributed by atoms with E-state index in [1.165, 1.54) is 18.4 Å². The summed E-state index contributed by atoms with van der Waals surface area (Å²) in [5, 5.41) is 12.3. The Bertz CT molecular complexity index is 536. The van der Waals surface area contributed by atoms with Crippen molar-refractivity contribution in [3.63, 3.8) is 0 Å². The van der Waals surface area contributed by atoms with Gasteiger partial charge in [-0.05, 0) is 48.3 Å². The number of carboxylic acids is 1. The van der Waals surface area contributed by atoms with Gasteiger partial charge in [0.15, 0.2) is 0 Å². The van der Waals surface area contributed by atoms with Crippen molar-refractivity contribution in [1.82, 2.24) is 5.32 Å². The molecule has 126 valence electrons. The van der Waals surface area contributed by atoms with E-state index in [0.29, 0.717) is 12.8 Å². The molecule has 1 aliphatic rings. The number of amides is 1. The normalized spacial score (nSPS) is 16.7. The highest BCUT2D eigenvalue weighted by Gasteiger charge is 2.41. The third-order valence-corrected chi connectivity index (χ3v) is 5.33. The Hall–Kier alpha value is -1.49. The van der Waals surface area contributed by atoms with Crippen molar-refractivity contribution in [3.05, 3.63) is 35.4 Å². The third-order valence-electron chi connectivity index (χ3n) is 4.34. The Balaban J connectivity index is 1.94. The lowest BCUT2D eigenvalue weighted by Gasteiger charge is -2.33. The van der Waals surface area contributed by atoms with Crippen LogP contribution in [0.3, 0.4) is 0 Å². The zero-order valence-corrected chi connectivity index (χ0v) is 14.5. The van der Waals surface area contributed by atoms with Gasteiger partial charge >= 0.3 is 5.97 Å². The number of carbonyl (C=O) groups is 2. The van der Waals surface area contributed by atoms with Crippen LogP contribution in [0, 0.1) is 0 Å². The van der Waals surface area contributed by atoms with Crippen LogP contribution in [0.1, 0.15) is 43.7 Å². The first-order valence-electron chi connectivity index (χ1n) is 8.26. The molecule has 1 fully saturated rings. The summed E-state index contributed by atoms with van der Waals surface area (Å²) in [5.74, 6) is 0.430. The molecular weight excluding hydrogens is 310 g/mol. The highest BCUT2D eigenvalue weighted by molar-refractivity contribution is 7.99. The molecule has 0 saturated carbocycles. The number of nitrogens with one attached hydrogen (secondary N) is 1. The van der Waals surface area contributed by atoms with E-state index in [0.717, 1.165) is 23.5 Å². The van der Waals surface area contributed by atoms with E-state index in [1.807, 2.05) is 12.1 Å². The minimum absolute atomic E-state index is 0.208. The smallest absolute Gasteiger partial charge is 0.329 e. The molecular formula is C18H25NO3S. The minimum Gasteiger partial charge on any atom is -0.480 e. The molecule has 5 heteroatoms. The number of hydrogen-bond donors (Lipinski definition) is 2. The molecule has 1 amide bonds. The molecule has 2 rings (SSSR count). The zero-order chi connectivity index (χ0) is 16.7. The van der Waals surface area contributed by atoms with Crippen LogP contribution in [0.5, 0.6) is 0 Å². The van der Waals surface area contributed by atoms with Crippen LogP contribution in [-0.4, -0.2) is 34.0 Å². The molecule has 0 atom stereocenters. The number of carbonyl (C=O) groups excluding carboxylic acids is 1. The first kappa shape index (κ1) is 17.9. The number of hydrogen-bond acceptors (Lipinski definition) is 3. The van der Waals surface area contributed by atoms with Crippen LogP contribution in [0.15, 0.2) is 24.3 Å². The SMILES string of the molecule is CCCCc1ccc(CC(=O)NC2(C(=O)O)CCSCC2)cc1. The second-order valence-corrected chi connectivity index (χ2v) is 7.37. The van der Waals surface area contributed by atoms with Gasteiger partial charge in [0.25, 0.3) is 0 Å². The topological polar surface area (TPSA) is 66.4 Å². The van der Waals surface area contributed by atoms with Crippen molar-refractivity contribution in [3.8, 4) is 0 Å². The Morgan fingerprint density at radius 3 is 2.35 bits per heavy atom. The number of aryl methyl sites for hydroxylation is 1. The first-order chi connectivity index (χ1) is 11.1. The van der Waals surface area contributed by atoms with Gasteiger partial charge < -0.3 is 10.4 Å². The number of thioether (sulfide) groups is 1. The lowest BCUT2D eigenvalue weighted by Crippen LogP contribution is -2.56. The standard InChI is InChI=1S/C18H25NO3S/c1-2-3-4-14-5-7-15(8-6-14)13-16(20)19-18(17(21)22)9-11-23-12-10-18/h5-8H,2-4,9-13H2,1H3,(H,19,20)(H,21,22). The van der Waals surface area contributed by atoms with Gasteiger partial charge in [0.1, 0.15) is 5.54 Å². The molecule has 0 aromatic heterocycles. The maximum absolute atomic E-state index is 12.3. The van der Waals surface area contributed by atoms with Crippen LogP contribution >= 0.6 is 11.8 Å². The van der Waals surface area contributed by atoms with Gasteiger partial charge in [-0.15, -0.1) is 0 Å². The summed E-state index contributed by atoms with van der Waals surface area (Å²) in [4.78, 5) is 23.9. The van der Waals surface area contributed by atoms with Crippen molar-refractivity contribution in [2.24, 2.45) is 0 Å². The average Bonchev–Trinajstić information content (AvgIpc) is 2.55. The van der Waals surface area contributed by atoms with Gasteiger partial charge in [-0.3, -0.25) is 4.79 Å². The summed E-state index contributed by atoms with van der Waals surface area (Å²) in [5.41, 5.74) is 1.12. The molecule has 0 radical (unpaired) electrons. The molecule has 0 bridgehead atoms. The quantitative estimate of drug-likeness (QED) is 0.804. The maximum atomic E-state index is 12.3. The Labute approximate surface area is 142 Å². The fourth-order valence-corrected chi connectivity index (χ4v) is 4.00. The van der Waals surface area contributed by atoms with Crippen molar-refractivity contribution in [1.29, 1.82) is 0 Å². The zero-order valence-electron chi connectivity index (χ0n) is 13.6. The number of aliphatic carboxylic acids is 1. The molecule has 2 N–H and O–H groups in total. The van der Waals surface area contributed by atoms with Crippen molar-refractivity contribution in [2.75, 3.05) is 11.5 Å². The molecule has 0 unspecified atom stereocenters. The highest BCUT2D eigenvalue weighted by atomic mass is 32.2. The molecule has 0 aliphatic carbocycles. The molecule has 0 spiro atoms. The average molecular weight is 335 g/mol. The number of carboxylic acid groups (broad SMARTS) is 1. The predicted octanol–water partition coefficient (Wildman–Crippen LogP) is 3.04. The van der Waals surface area contributed by atoms with Crippen LogP contribution in [-0.2, 0) is 22.4 Å². The van der Waals surface area contributed by atoms with E-state index < -0.39 is 11.5 Å². The monoisotopic (exact) mass is 335 g/mol. The van der Waals surface area contributed by atoms with Crippen LogP contribution in [0.2, 0.25) is 0 Å². The first-order valence-corrected chi connectivity index (χ1v) is 9.41.